The van der Waals surface area contributed by atoms with Gasteiger partial charge in [0, 0.05) is 13.1 Å². The number of azo groups is 1. The number of methoxy groups -OCH3 is 1. The zero-order valence-corrected chi connectivity index (χ0v) is 14.9. The number of carbonyl (C=O) groups excluding carboxylic acids is 1. The Morgan fingerprint density at radius 3 is 2.42 bits per heavy atom. The zero-order chi connectivity index (χ0) is 18.3. The summed E-state index contributed by atoms with van der Waals surface area (Å²) >= 11 is 0. The first kappa shape index (κ1) is 19.8. The van der Waals surface area contributed by atoms with Crippen LogP contribution in [-0.2, 0) is 19.6 Å². The second-order valence-electron chi connectivity index (χ2n) is 4.71. The number of hydrogen-bond acceptors (Lipinski definition) is 7. The SMILES string of the molecule is CCN(CC)S(=O)(=O)c1cccc(N=N/C(C(=O)OC)=C(/C)O)c1. The molecule has 1 aromatic carbocycles. The van der Waals surface area contributed by atoms with E-state index in [0.29, 0.717) is 13.1 Å². The molecule has 24 heavy (non-hydrogen) atoms. The molecule has 0 fully saturated rings. The molecule has 8 nitrogen and oxygen atoms in total. The Hall–Kier alpha value is -2.26. The molecular weight excluding hydrogens is 334 g/mol. The van der Waals surface area contributed by atoms with Crippen LogP contribution in [-0.4, -0.2) is 44.0 Å². The van der Waals surface area contributed by atoms with E-state index in [1.807, 2.05) is 0 Å². The maximum absolute atomic E-state index is 12.5. The minimum Gasteiger partial charge on any atom is -0.510 e. The normalized spacial score (nSPS) is 13.2. The summed E-state index contributed by atoms with van der Waals surface area (Å²) in [6.07, 6.45) is 0. The first-order valence-corrected chi connectivity index (χ1v) is 8.72. The van der Waals surface area contributed by atoms with Crippen LogP contribution in [0.3, 0.4) is 0 Å². The molecule has 1 rings (SSSR count). The van der Waals surface area contributed by atoms with Gasteiger partial charge in [-0.2, -0.15) is 9.42 Å². The molecule has 9 heteroatoms. The van der Waals surface area contributed by atoms with Crippen molar-refractivity contribution in [3.8, 4) is 0 Å². The minimum atomic E-state index is -3.62. The number of benzene rings is 1. The second-order valence-corrected chi connectivity index (χ2v) is 6.65. The van der Waals surface area contributed by atoms with E-state index in [-0.39, 0.29) is 22.0 Å². The molecule has 0 atom stereocenters. The molecular formula is C15H21N3O5S. The number of sulfonamides is 1. The van der Waals surface area contributed by atoms with Gasteiger partial charge in [0.25, 0.3) is 0 Å². The third kappa shape index (κ3) is 4.62. The summed E-state index contributed by atoms with van der Waals surface area (Å²) in [5, 5.41) is 16.9. The fourth-order valence-corrected chi connectivity index (χ4v) is 3.38. The van der Waals surface area contributed by atoms with E-state index in [2.05, 4.69) is 15.0 Å². The van der Waals surface area contributed by atoms with Crippen molar-refractivity contribution in [1.82, 2.24) is 4.31 Å². The molecule has 132 valence electrons. The molecule has 0 aliphatic rings. The predicted octanol–water partition coefficient (Wildman–Crippen LogP) is 2.76. The molecule has 1 aromatic rings. The Morgan fingerprint density at radius 2 is 1.92 bits per heavy atom. The molecule has 0 heterocycles. The summed E-state index contributed by atoms with van der Waals surface area (Å²) in [6.45, 7) is 5.48. The van der Waals surface area contributed by atoms with E-state index in [9.17, 15) is 18.3 Å². The Labute approximate surface area is 141 Å². The van der Waals surface area contributed by atoms with Crippen LogP contribution < -0.4 is 0 Å². The molecule has 0 amide bonds. The fraction of sp³-hybridized carbons (Fsp3) is 0.400. The topological polar surface area (TPSA) is 109 Å². The molecule has 0 radical (unpaired) electrons. The summed E-state index contributed by atoms with van der Waals surface area (Å²) in [5.74, 6) is -1.19. The third-order valence-corrected chi connectivity index (χ3v) is 5.19. The lowest BCUT2D eigenvalue weighted by Crippen LogP contribution is -2.30. The highest BCUT2D eigenvalue weighted by molar-refractivity contribution is 7.89. The van der Waals surface area contributed by atoms with Crippen molar-refractivity contribution in [2.24, 2.45) is 10.2 Å². The Balaban J connectivity index is 3.21. The van der Waals surface area contributed by atoms with Crippen LogP contribution in [0.1, 0.15) is 20.8 Å². The van der Waals surface area contributed by atoms with Crippen LogP contribution in [0.2, 0.25) is 0 Å². The van der Waals surface area contributed by atoms with Crippen molar-refractivity contribution in [3.63, 3.8) is 0 Å². The molecule has 1 N–H and O–H groups in total. The van der Waals surface area contributed by atoms with Crippen LogP contribution in [0.25, 0.3) is 0 Å². The number of aliphatic hydroxyl groups is 1. The first-order chi connectivity index (χ1) is 11.3. The van der Waals surface area contributed by atoms with Crippen molar-refractivity contribution in [2.45, 2.75) is 25.7 Å². The second kappa shape index (κ2) is 8.55. The summed E-state index contributed by atoms with van der Waals surface area (Å²) in [4.78, 5) is 11.5. The van der Waals surface area contributed by atoms with E-state index < -0.39 is 16.0 Å². The molecule has 0 aliphatic carbocycles. The summed E-state index contributed by atoms with van der Waals surface area (Å²) < 4.78 is 30.8. The predicted molar refractivity (Wildman–Crippen MR) is 88.4 cm³/mol. The van der Waals surface area contributed by atoms with Crippen LogP contribution in [0.15, 0.2) is 50.8 Å². The van der Waals surface area contributed by atoms with E-state index in [1.165, 1.54) is 35.5 Å². The summed E-state index contributed by atoms with van der Waals surface area (Å²) in [5.41, 5.74) is -0.125. The number of allylic oxidation sites excluding steroid dienone is 1. The highest BCUT2D eigenvalue weighted by atomic mass is 32.2. The van der Waals surface area contributed by atoms with Gasteiger partial charge >= 0.3 is 5.97 Å². The smallest absolute Gasteiger partial charge is 0.362 e. The van der Waals surface area contributed by atoms with Crippen molar-refractivity contribution >= 4 is 21.7 Å². The van der Waals surface area contributed by atoms with Crippen molar-refractivity contribution in [1.29, 1.82) is 0 Å². The lowest BCUT2D eigenvalue weighted by molar-refractivity contribution is -0.136. The standard InChI is InChI=1S/C15H21N3O5S/c1-5-18(6-2)24(21,22)13-9-7-8-12(10-13)16-17-14(11(3)19)15(20)23-4/h7-10,19H,5-6H2,1-4H3/b14-11-,17-16?. The molecule has 0 aromatic heterocycles. The Bertz CT molecular complexity index is 748. The lowest BCUT2D eigenvalue weighted by atomic mass is 10.3. The molecule has 0 aliphatic heterocycles. The number of esters is 1. The molecule has 0 spiro atoms. The van der Waals surface area contributed by atoms with Crippen molar-refractivity contribution in [3.05, 3.63) is 35.7 Å². The van der Waals surface area contributed by atoms with Gasteiger partial charge in [-0.15, -0.1) is 5.11 Å². The Morgan fingerprint density at radius 1 is 1.29 bits per heavy atom. The quantitative estimate of drug-likeness (QED) is 0.350. The number of aliphatic hydroxyl groups excluding tert-OH is 1. The average molecular weight is 355 g/mol. The van der Waals surface area contributed by atoms with Crippen LogP contribution >= 0.6 is 0 Å². The van der Waals surface area contributed by atoms with Crippen LogP contribution in [0, 0.1) is 0 Å². The van der Waals surface area contributed by atoms with Gasteiger partial charge < -0.3 is 9.84 Å². The average Bonchev–Trinajstić information content (AvgIpc) is 2.55. The lowest BCUT2D eigenvalue weighted by Gasteiger charge is -2.18. The van der Waals surface area contributed by atoms with E-state index in [1.54, 1.807) is 13.8 Å². The summed E-state index contributed by atoms with van der Waals surface area (Å²) in [7, 11) is -2.47. The van der Waals surface area contributed by atoms with Crippen molar-refractivity contribution < 1.29 is 23.1 Å². The summed E-state index contributed by atoms with van der Waals surface area (Å²) in [6, 6.07) is 5.87. The number of carbonyl (C=O) groups is 1. The number of rotatable bonds is 7. The maximum Gasteiger partial charge on any atom is 0.362 e. The van der Waals surface area contributed by atoms with Gasteiger partial charge in [-0.25, -0.2) is 13.2 Å². The highest BCUT2D eigenvalue weighted by Gasteiger charge is 2.21. The van der Waals surface area contributed by atoms with Gasteiger partial charge in [0.1, 0.15) is 5.76 Å². The zero-order valence-electron chi connectivity index (χ0n) is 14.1. The van der Waals surface area contributed by atoms with Crippen LogP contribution in [0.4, 0.5) is 5.69 Å². The monoisotopic (exact) mass is 355 g/mol. The van der Waals surface area contributed by atoms with Crippen molar-refractivity contribution in [2.75, 3.05) is 20.2 Å². The van der Waals surface area contributed by atoms with Gasteiger partial charge in [0.05, 0.1) is 17.7 Å². The Kier molecular flexibility index (Phi) is 7.05. The molecule has 0 bridgehead atoms. The number of ether oxygens (including phenoxy) is 1. The first-order valence-electron chi connectivity index (χ1n) is 7.28. The molecule has 0 unspecified atom stereocenters. The number of hydrogen-bond donors (Lipinski definition) is 1. The van der Waals surface area contributed by atoms with Gasteiger partial charge in [-0.3, -0.25) is 0 Å². The van der Waals surface area contributed by atoms with Gasteiger partial charge in [0.2, 0.25) is 15.7 Å². The number of nitrogens with zero attached hydrogens (tertiary/aromatic N) is 3. The minimum absolute atomic E-state index is 0.0759. The van der Waals surface area contributed by atoms with E-state index in [4.69, 9.17) is 0 Å². The van der Waals surface area contributed by atoms with Gasteiger partial charge in [-0.1, -0.05) is 19.9 Å². The third-order valence-electron chi connectivity index (χ3n) is 3.15. The van der Waals surface area contributed by atoms with Gasteiger partial charge in [-0.05, 0) is 25.1 Å². The van der Waals surface area contributed by atoms with Crippen LogP contribution in [0.5, 0.6) is 0 Å². The van der Waals surface area contributed by atoms with Gasteiger partial charge in [0.15, 0.2) is 0 Å². The molecule has 0 saturated carbocycles. The highest BCUT2D eigenvalue weighted by Crippen LogP contribution is 2.22. The molecule has 0 saturated heterocycles. The largest absolute Gasteiger partial charge is 0.510 e. The maximum atomic E-state index is 12.5. The van der Waals surface area contributed by atoms with E-state index in [0.717, 1.165) is 7.11 Å². The van der Waals surface area contributed by atoms with E-state index >= 15 is 0 Å². The fourth-order valence-electron chi connectivity index (χ4n) is 1.88.